The molecular weight excluding hydrogens is 452 g/mol. The van der Waals surface area contributed by atoms with E-state index >= 15 is 0 Å². The molecule has 2 saturated heterocycles. The molecule has 2 amide bonds. The largest absolute Gasteiger partial charge is 0.340 e. The lowest BCUT2D eigenvalue weighted by Crippen LogP contribution is -2.52. The van der Waals surface area contributed by atoms with E-state index in [0.29, 0.717) is 31.5 Å². The van der Waals surface area contributed by atoms with Crippen LogP contribution < -0.4 is 5.14 Å². The number of carbonyl (C=O) groups excluding carboxylic acids is 2. The second-order valence-corrected chi connectivity index (χ2v) is 11.1. The van der Waals surface area contributed by atoms with Gasteiger partial charge in [-0.1, -0.05) is 39.0 Å². The van der Waals surface area contributed by atoms with Crippen LogP contribution in [0, 0.1) is 5.92 Å². The summed E-state index contributed by atoms with van der Waals surface area (Å²) in [6.45, 7) is 7.93. The average molecular weight is 493 g/mol. The minimum Gasteiger partial charge on any atom is -0.340 e. The molecule has 2 aliphatic rings. The fourth-order valence-corrected chi connectivity index (χ4v) is 5.38. The van der Waals surface area contributed by atoms with Gasteiger partial charge in [-0.15, -0.1) is 0 Å². The number of nitrogens with zero attached hydrogens (tertiary/aromatic N) is 3. The molecule has 190 valence electrons. The van der Waals surface area contributed by atoms with Crippen LogP contribution in [-0.4, -0.2) is 80.7 Å². The highest BCUT2D eigenvalue weighted by Crippen LogP contribution is 2.22. The summed E-state index contributed by atoms with van der Waals surface area (Å²) in [6.07, 6.45) is 9.16. The van der Waals surface area contributed by atoms with Crippen molar-refractivity contribution in [3.8, 4) is 0 Å². The quantitative estimate of drug-likeness (QED) is 0.506. The number of hydrogen-bond donors (Lipinski definition) is 1. The highest BCUT2D eigenvalue weighted by atomic mass is 32.2. The monoisotopic (exact) mass is 492 g/mol. The van der Waals surface area contributed by atoms with Gasteiger partial charge in [-0.2, -0.15) is 0 Å². The minimum atomic E-state index is -3.78. The van der Waals surface area contributed by atoms with Gasteiger partial charge >= 0.3 is 0 Å². The van der Waals surface area contributed by atoms with Gasteiger partial charge in [0.1, 0.15) is 0 Å². The molecule has 0 radical (unpaired) electrons. The summed E-state index contributed by atoms with van der Waals surface area (Å²) >= 11 is 0. The maximum absolute atomic E-state index is 13.0. The van der Waals surface area contributed by atoms with Crippen LogP contribution in [0.1, 0.15) is 68.6 Å². The molecule has 2 N–H and O–H groups in total. The molecular formula is C25H40N4O4S. The Labute approximate surface area is 204 Å². The lowest BCUT2D eigenvalue weighted by atomic mass is 9.94. The molecule has 2 aliphatic heterocycles. The van der Waals surface area contributed by atoms with Crippen LogP contribution >= 0.6 is 0 Å². The number of amides is 2. The van der Waals surface area contributed by atoms with E-state index in [1.54, 1.807) is 4.90 Å². The van der Waals surface area contributed by atoms with Gasteiger partial charge < -0.3 is 9.80 Å². The summed E-state index contributed by atoms with van der Waals surface area (Å²) in [7, 11) is -3.78. The molecule has 0 bridgehead atoms. The number of sulfonamides is 1. The Balaban J connectivity index is 1.38. The molecule has 0 atom stereocenters. The summed E-state index contributed by atoms with van der Waals surface area (Å²) in [6, 6.07) is 5.68. The van der Waals surface area contributed by atoms with Crippen LogP contribution in [-0.2, 0) is 14.8 Å². The van der Waals surface area contributed by atoms with Crippen molar-refractivity contribution in [2.45, 2.75) is 63.2 Å². The van der Waals surface area contributed by atoms with E-state index in [2.05, 4.69) is 11.8 Å². The molecule has 34 heavy (non-hydrogen) atoms. The highest BCUT2D eigenvalue weighted by Gasteiger charge is 2.32. The van der Waals surface area contributed by atoms with Crippen LogP contribution in [0.5, 0.6) is 0 Å². The summed E-state index contributed by atoms with van der Waals surface area (Å²) in [5.74, 6) is 0.0536. The Kier molecular flexibility index (Phi) is 9.91. The minimum absolute atomic E-state index is 0.0135. The maximum Gasteiger partial charge on any atom is 0.253 e. The first-order valence-electron chi connectivity index (χ1n) is 12.7. The third-order valence-electron chi connectivity index (χ3n) is 7.07. The van der Waals surface area contributed by atoms with Crippen LogP contribution in [0.25, 0.3) is 0 Å². The van der Waals surface area contributed by atoms with E-state index in [1.807, 2.05) is 4.90 Å². The van der Waals surface area contributed by atoms with Gasteiger partial charge in [0, 0.05) is 50.7 Å². The SMILES string of the molecule is CCCCCCCCN1CCN(C(=O)C2CCN(C(=O)c3ccc(S(N)(=O)=O)cc3)CC2)CC1. The first-order chi connectivity index (χ1) is 16.3. The van der Waals surface area contributed by atoms with Crippen molar-refractivity contribution < 1.29 is 18.0 Å². The number of rotatable bonds is 10. The van der Waals surface area contributed by atoms with Gasteiger partial charge in [-0.05, 0) is 50.1 Å². The second-order valence-electron chi connectivity index (χ2n) is 9.57. The van der Waals surface area contributed by atoms with E-state index in [-0.39, 0.29) is 22.6 Å². The fourth-order valence-electron chi connectivity index (χ4n) is 4.87. The molecule has 8 nitrogen and oxygen atoms in total. The fraction of sp³-hybridized carbons (Fsp3) is 0.680. The number of nitrogens with two attached hydrogens (primary N) is 1. The first-order valence-corrected chi connectivity index (χ1v) is 14.3. The molecule has 3 rings (SSSR count). The molecule has 0 aromatic heterocycles. The number of carbonyl (C=O) groups is 2. The third-order valence-corrected chi connectivity index (χ3v) is 8.00. The maximum atomic E-state index is 13.0. The van der Waals surface area contributed by atoms with Crippen molar-refractivity contribution >= 4 is 21.8 Å². The molecule has 0 aliphatic carbocycles. The molecule has 0 spiro atoms. The highest BCUT2D eigenvalue weighted by molar-refractivity contribution is 7.89. The Hall–Kier alpha value is -1.97. The van der Waals surface area contributed by atoms with Crippen molar-refractivity contribution in [3.05, 3.63) is 29.8 Å². The Morgan fingerprint density at radius 2 is 1.44 bits per heavy atom. The zero-order valence-corrected chi connectivity index (χ0v) is 21.3. The lowest BCUT2D eigenvalue weighted by molar-refractivity contribution is -0.138. The van der Waals surface area contributed by atoms with Crippen LogP contribution in [0.2, 0.25) is 0 Å². The van der Waals surface area contributed by atoms with Crippen molar-refractivity contribution in [2.75, 3.05) is 45.8 Å². The standard InChI is InChI=1S/C25H40N4O4S/c1-2-3-4-5-6-7-14-27-17-19-29(20-18-27)25(31)22-12-15-28(16-13-22)24(30)21-8-10-23(11-9-21)34(26,32)33/h8-11,22H,2-7,12-20H2,1H3,(H2,26,32,33). The average Bonchev–Trinajstić information content (AvgIpc) is 2.85. The smallest absolute Gasteiger partial charge is 0.253 e. The molecule has 0 unspecified atom stereocenters. The zero-order valence-electron chi connectivity index (χ0n) is 20.5. The summed E-state index contributed by atoms with van der Waals surface area (Å²) in [5.41, 5.74) is 0.429. The van der Waals surface area contributed by atoms with Crippen LogP contribution in [0.3, 0.4) is 0 Å². The Morgan fingerprint density at radius 3 is 2.03 bits per heavy atom. The number of unbranched alkanes of at least 4 members (excludes halogenated alkanes) is 5. The van der Waals surface area contributed by atoms with Crippen molar-refractivity contribution in [2.24, 2.45) is 11.1 Å². The van der Waals surface area contributed by atoms with E-state index in [1.165, 1.54) is 62.8 Å². The molecule has 1 aromatic rings. The van der Waals surface area contributed by atoms with Gasteiger partial charge in [0.05, 0.1) is 4.90 Å². The molecule has 2 heterocycles. The van der Waals surface area contributed by atoms with Gasteiger partial charge in [-0.25, -0.2) is 13.6 Å². The second kappa shape index (κ2) is 12.7. The van der Waals surface area contributed by atoms with Crippen molar-refractivity contribution in [3.63, 3.8) is 0 Å². The zero-order chi connectivity index (χ0) is 24.6. The van der Waals surface area contributed by atoms with Crippen LogP contribution in [0.4, 0.5) is 0 Å². The van der Waals surface area contributed by atoms with Gasteiger partial charge in [0.15, 0.2) is 0 Å². The van der Waals surface area contributed by atoms with Gasteiger partial charge in [0.2, 0.25) is 15.9 Å². The van der Waals surface area contributed by atoms with E-state index in [4.69, 9.17) is 5.14 Å². The number of likely N-dealkylation sites (tertiary alicyclic amines) is 1. The number of piperidine rings is 1. The number of benzene rings is 1. The number of primary sulfonamides is 1. The summed E-state index contributed by atoms with van der Waals surface area (Å²) < 4.78 is 22.8. The van der Waals surface area contributed by atoms with Crippen LogP contribution in [0.15, 0.2) is 29.2 Å². The topological polar surface area (TPSA) is 104 Å². The number of hydrogen-bond acceptors (Lipinski definition) is 5. The van der Waals surface area contributed by atoms with E-state index in [0.717, 1.165) is 32.7 Å². The molecule has 1 aromatic carbocycles. The van der Waals surface area contributed by atoms with Gasteiger partial charge in [-0.3, -0.25) is 14.5 Å². The summed E-state index contributed by atoms with van der Waals surface area (Å²) in [5, 5.41) is 5.12. The van der Waals surface area contributed by atoms with Crippen molar-refractivity contribution in [1.82, 2.24) is 14.7 Å². The Bertz CT molecular complexity index is 903. The predicted molar refractivity (Wildman–Crippen MR) is 133 cm³/mol. The molecule has 9 heteroatoms. The van der Waals surface area contributed by atoms with Gasteiger partial charge in [0.25, 0.3) is 5.91 Å². The first kappa shape index (κ1) is 26.6. The summed E-state index contributed by atoms with van der Waals surface area (Å²) in [4.78, 5) is 32.0. The third kappa shape index (κ3) is 7.52. The number of piperazine rings is 1. The molecule has 2 fully saturated rings. The predicted octanol–water partition coefficient (Wildman–Crippen LogP) is 2.69. The normalized spacial score (nSPS) is 18.3. The van der Waals surface area contributed by atoms with E-state index in [9.17, 15) is 18.0 Å². The Morgan fingerprint density at radius 1 is 0.853 bits per heavy atom. The lowest BCUT2D eigenvalue weighted by Gasteiger charge is -2.38. The van der Waals surface area contributed by atoms with E-state index < -0.39 is 10.0 Å². The van der Waals surface area contributed by atoms with Crippen molar-refractivity contribution in [1.29, 1.82) is 0 Å². The molecule has 0 saturated carbocycles.